The van der Waals surface area contributed by atoms with Gasteiger partial charge in [-0.1, -0.05) is 35.9 Å². The van der Waals surface area contributed by atoms with Crippen molar-refractivity contribution in [1.82, 2.24) is 9.55 Å². The maximum absolute atomic E-state index is 12.7. The average Bonchev–Trinajstić information content (AvgIpc) is 3.21. The molecule has 1 aliphatic heterocycles. The Morgan fingerprint density at radius 1 is 1.19 bits per heavy atom. The number of carbonyl (C=O) groups is 1. The predicted octanol–water partition coefficient (Wildman–Crippen LogP) is 3.86. The van der Waals surface area contributed by atoms with Gasteiger partial charge in [0.2, 0.25) is 5.91 Å². The molecule has 26 heavy (non-hydrogen) atoms. The molecule has 0 saturated carbocycles. The Morgan fingerprint density at radius 3 is 2.77 bits per heavy atom. The molecule has 1 aromatic heterocycles. The van der Waals surface area contributed by atoms with E-state index < -0.39 is 0 Å². The van der Waals surface area contributed by atoms with Gasteiger partial charge in [-0.3, -0.25) is 4.79 Å². The Balaban J connectivity index is 1.70. The number of amides is 1. The molecule has 0 radical (unpaired) electrons. The maximum atomic E-state index is 12.7. The normalized spacial score (nSPS) is 17.4. The molecule has 1 atom stereocenters. The standard InChI is InChI=1S/C20H20ClN3O2/c1-26-11-10-23-18-9-5-3-7-16(18)22-20(23)14-12-19(25)24(13-14)17-8-4-2-6-15(17)21/h2-9,14H,10-13H2,1H3/t14-/m1/s1. The molecule has 4 rings (SSSR count). The number of aromatic nitrogens is 2. The number of imidazole rings is 1. The summed E-state index contributed by atoms with van der Waals surface area (Å²) in [5.74, 6) is 1.04. The molecule has 6 heteroatoms. The number of halogens is 1. The van der Waals surface area contributed by atoms with E-state index in [2.05, 4.69) is 10.6 Å². The van der Waals surface area contributed by atoms with E-state index in [1.807, 2.05) is 42.5 Å². The van der Waals surface area contributed by atoms with Crippen LogP contribution in [0.4, 0.5) is 5.69 Å². The van der Waals surface area contributed by atoms with E-state index in [4.69, 9.17) is 21.3 Å². The van der Waals surface area contributed by atoms with Crippen LogP contribution in [0.2, 0.25) is 5.02 Å². The first kappa shape index (κ1) is 17.1. The number of nitrogens with zero attached hydrogens (tertiary/aromatic N) is 3. The van der Waals surface area contributed by atoms with E-state index in [0.29, 0.717) is 31.1 Å². The van der Waals surface area contributed by atoms with Crippen LogP contribution in [-0.4, -0.2) is 35.7 Å². The van der Waals surface area contributed by atoms with Crippen LogP contribution in [-0.2, 0) is 16.1 Å². The monoisotopic (exact) mass is 369 g/mol. The van der Waals surface area contributed by atoms with Gasteiger partial charge in [-0.05, 0) is 24.3 Å². The second kappa shape index (κ2) is 7.09. The summed E-state index contributed by atoms with van der Waals surface area (Å²) in [6.07, 6.45) is 0.432. The third kappa shape index (κ3) is 2.97. The van der Waals surface area contributed by atoms with Crippen molar-refractivity contribution >= 4 is 34.2 Å². The van der Waals surface area contributed by atoms with Crippen molar-refractivity contribution < 1.29 is 9.53 Å². The van der Waals surface area contributed by atoms with Crippen molar-refractivity contribution in [2.45, 2.75) is 18.9 Å². The number of ether oxygens (including phenoxy) is 1. The fourth-order valence-electron chi connectivity index (χ4n) is 3.61. The first-order chi connectivity index (χ1) is 12.7. The van der Waals surface area contributed by atoms with Crippen LogP contribution in [0.15, 0.2) is 48.5 Å². The predicted molar refractivity (Wildman–Crippen MR) is 103 cm³/mol. The molecule has 1 saturated heterocycles. The van der Waals surface area contributed by atoms with Gasteiger partial charge in [0.15, 0.2) is 0 Å². The van der Waals surface area contributed by atoms with Crippen molar-refractivity contribution in [1.29, 1.82) is 0 Å². The molecule has 0 aliphatic carbocycles. The van der Waals surface area contributed by atoms with Gasteiger partial charge in [-0.25, -0.2) is 4.98 Å². The second-order valence-electron chi connectivity index (χ2n) is 6.46. The highest BCUT2D eigenvalue weighted by molar-refractivity contribution is 6.33. The van der Waals surface area contributed by atoms with E-state index in [1.165, 1.54) is 0 Å². The SMILES string of the molecule is COCCn1c([C@@H]2CC(=O)N(c3ccccc3Cl)C2)nc2ccccc21. The largest absolute Gasteiger partial charge is 0.383 e. The summed E-state index contributed by atoms with van der Waals surface area (Å²) in [6.45, 7) is 1.89. The minimum Gasteiger partial charge on any atom is -0.383 e. The molecule has 0 unspecified atom stereocenters. The molecule has 2 heterocycles. The van der Waals surface area contributed by atoms with Crippen molar-refractivity contribution in [3.8, 4) is 0 Å². The topological polar surface area (TPSA) is 47.4 Å². The lowest BCUT2D eigenvalue weighted by molar-refractivity contribution is -0.117. The lowest BCUT2D eigenvalue weighted by atomic mass is 10.1. The van der Waals surface area contributed by atoms with E-state index in [0.717, 1.165) is 22.5 Å². The van der Waals surface area contributed by atoms with Crippen LogP contribution in [0.25, 0.3) is 11.0 Å². The van der Waals surface area contributed by atoms with Gasteiger partial charge in [-0.15, -0.1) is 0 Å². The van der Waals surface area contributed by atoms with Crippen LogP contribution >= 0.6 is 11.6 Å². The maximum Gasteiger partial charge on any atom is 0.227 e. The number of methoxy groups -OCH3 is 1. The summed E-state index contributed by atoms with van der Waals surface area (Å²) in [5.41, 5.74) is 2.78. The fourth-order valence-corrected chi connectivity index (χ4v) is 3.85. The first-order valence-electron chi connectivity index (χ1n) is 8.68. The fraction of sp³-hybridized carbons (Fsp3) is 0.300. The highest BCUT2D eigenvalue weighted by atomic mass is 35.5. The number of hydrogen-bond acceptors (Lipinski definition) is 3. The van der Waals surface area contributed by atoms with Crippen molar-refractivity contribution in [2.75, 3.05) is 25.2 Å². The third-order valence-electron chi connectivity index (χ3n) is 4.84. The Kier molecular flexibility index (Phi) is 4.66. The van der Waals surface area contributed by atoms with Crippen molar-refractivity contribution in [2.24, 2.45) is 0 Å². The summed E-state index contributed by atoms with van der Waals surface area (Å²) in [6, 6.07) is 15.5. The molecule has 1 aliphatic rings. The summed E-state index contributed by atoms with van der Waals surface area (Å²) < 4.78 is 7.44. The van der Waals surface area contributed by atoms with Crippen LogP contribution in [0.3, 0.4) is 0 Å². The van der Waals surface area contributed by atoms with Crippen LogP contribution in [0.5, 0.6) is 0 Å². The Labute approximate surface area is 157 Å². The summed E-state index contributed by atoms with van der Waals surface area (Å²) in [4.78, 5) is 19.3. The van der Waals surface area contributed by atoms with E-state index >= 15 is 0 Å². The minimum atomic E-state index is 0.0306. The van der Waals surface area contributed by atoms with Crippen LogP contribution < -0.4 is 4.90 Å². The smallest absolute Gasteiger partial charge is 0.227 e. The zero-order valence-electron chi connectivity index (χ0n) is 14.6. The van der Waals surface area contributed by atoms with Gasteiger partial charge in [0, 0.05) is 32.5 Å². The first-order valence-corrected chi connectivity index (χ1v) is 9.06. The van der Waals surface area contributed by atoms with Crippen molar-refractivity contribution in [3.63, 3.8) is 0 Å². The zero-order chi connectivity index (χ0) is 18.1. The Morgan fingerprint density at radius 2 is 1.96 bits per heavy atom. The Bertz CT molecular complexity index is 953. The number of anilines is 1. The molecule has 0 spiro atoms. The molecule has 0 bridgehead atoms. The molecule has 2 aromatic carbocycles. The molecule has 1 fully saturated rings. The number of benzene rings is 2. The second-order valence-corrected chi connectivity index (χ2v) is 6.87. The van der Waals surface area contributed by atoms with Crippen molar-refractivity contribution in [3.05, 3.63) is 59.4 Å². The van der Waals surface area contributed by atoms with Crippen LogP contribution in [0.1, 0.15) is 18.2 Å². The van der Waals surface area contributed by atoms with E-state index in [1.54, 1.807) is 12.0 Å². The van der Waals surface area contributed by atoms with Gasteiger partial charge >= 0.3 is 0 Å². The molecule has 3 aromatic rings. The molecule has 0 N–H and O–H groups in total. The molecular formula is C20H20ClN3O2. The number of carbonyl (C=O) groups excluding carboxylic acids is 1. The lowest BCUT2D eigenvalue weighted by Crippen LogP contribution is -2.25. The third-order valence-corrected chi connectivity index (χ3v) is 5.16. The molecule has 5 nitrogen and oxygen atoms in total. The van der Waals surface area contributed by atoms with Gasteiger partial charge < -0.3 is 14.2 Å². The molecular weight excluding hydrogens is 350 g/mol. The molecule has 1 amide bonds. The summed E-state index contributed by atoms with van der Waals surface area (Å²) in [7, 11) is 1.69. The molecule has 134 valence electrons. The quantitative estimate of drug-likeness (QED) is 0.686. The zero-order valence-corrected chi connectivity index (χ0v) is 15.3. The average molecular weight is 370 g/mol. The van der Waals surface area contributed by atoms with Gasteiger partial charge in [-0.2, -0.15) is 0 Å². The lowest BCUT2D eigenvalue weighted by Gasteiger charge is -2.18. The van der Waals surface area contributed by atoms with E-state index in [9.17, 15) is 4.79 Å². The minimum absolute atomic E-state index is 0.0306. The van der Waals surface area contributed by atoms with Gasteiger partial charge in [0.25, 0.3) is 0 Å². The van der Waals surface area contributed by atoms with E-state index in [-0.39, 0.29) is 11.8 Å². The Hall–Kier alpha value is -2.37. The van der Waals surface area contributed by atoms with Crippen LogP contribution in [0, 0.1) is 0 Å². The highest BCUT2D eigenvalue weighted by Crippen LogP contribution is 2.35. The number of rotatable bonds is 5. The summed E-state index contributed by atoms with van der Waals surface area (Å²) in [5, 5.41) is 0.592. The summed E-state index contributed by atoms with van der Waals surface area (Å²) >= 11 is 6.30. The number of para-hydroxylation sites is 3. The number of hydrogen-bond donors (Lipinski definition) is 0. The number of fused-ring (bicyclic) bond motifs is 1. The van der Waals surface area contributed by atoms with Gasteiger partial charge in [0.05, 0.1) is 28.4 Å². The highest BCUT2D eigenvalue weighted by Gasteiger charge is 2.35. The van der Waals surface area contributed by atoms with Gasteiger partial charge in [0.1, 0.15) is 5.82 Å².